The number of hydrogen-bond donors (Lipinski definition) is 3. The predicted molar refractivity (Wildman–Crippen MR) is 64.1 cm³/mol. The van der Waals surface area contributed by atoms with Crippen molar-refractivity contribution in [2.24, 2.45) is 5.73 Å². The first-order valence-electron chi connectivity index (χ1n) is 4.71. The maximum Gasteiger partial charge on any atom is 0.266 e. The Balaban J connectivity index is 2.21. The number of H-pyrrole nitrogens is 1. The summed E-state index contributed by atoms with van der Waals surface area (Å²) in [6.07, 6.45) is 2.52. The Hall–Kier alpha value is -1.45. The standard InChI is InChI=1S/C8H11N5O2S2/c1-5(9)7-4-16-8(12-7)13-17(14,15)6-2-10-11-3-6/h2-5H,9H2,1H3,(H,10,11)(H,12,13). The first kappa shape index (κ1) is 12.0. The van der Waals surface area contributed by atoms with E-state index in [-0.39, 0.29) is 10.9 Å². The molecule has 0 aliphatic rings. The number of aromatic amines is 1. The third-order valence-electron chi connectivity index (χ3n) is 1.99. The van der Waals surface area contributed by atoms with Gasteiger partial charge in [-0.05, 0) is 6.92 Å². The van der Waals surface area contributed by atoms with Crippen LogP contribution in [0.4, 0.5) is 5.13 Å². The summed E-state index contributed by atoms with van der Waals surface area (Å²) in [6, 6.07) is -0.224. The van der Waals surface area contributed by atoms with Gasteiger partial charge in [0.2, 0.25) is 0 Å². The second kappa shape index (κ2) is 4.43. The van der Waals surface area contributed by atoms with Gasteiger partial charge in [-0.3, -0.25) is 9.82 Å². The number of anilines is 1. The van der Waals surface area contributed by atoms with E-state index in [1.807, 2.05) is 0 Å². The van der Waals surface area contributed by atoms with Crippen molar-refractivity contribution >= 4 is 26.5 Å². The summed E-state index contributed by atoms with van der Waals surface area (Å²) in [6.45, 7) is 1.78. The quantitative estimate of drug-likeness (QED) is 0.758. The van der Waals surface area contributed by atoms with E-state index in [4.69, 9.17) is 5.73 Å². The molecule has 92 valence electrons. The van der Waals surface area contributed by atoms with E-state index in [1.54, 1.807) is 12.3 Å². The summed E-state index contributed by atoms with van der Waals surface area (Å²) >= 11 is 1.19. The fraction of sp³-hybridized carbons (Fsp3) is 0.250. The number of rotatable bonds is 4. The highest BCUT2D eigenvalue weighted by Crippen LogP contribution is 2.21. The number of nitrogens with two attached hydrogens (primary N) is 1. The Labute approximate surface area is 102 Å². The fourth-order valence-electron chi connectivity index (χ4n) is 1.10. The topological polar surface area (TPSA) is 114 Å². The molecule has 1 unspecified atom stereocenters. The van der Waals surface area contributed by atoms with Crippen LogP contribution in [0.5, 0.6) is 0 Å². The highest BCUT2D eigenvalue weighted by atomic mass is 32.2. The molecule has 0 radical (unpaired) electrons. The summed E-state index contributed by atoms with van der Waals surface area (Å²) in [4.78, 5) is 4.14. The van der Waals surface area contributed by atoms with Crippen molar-refractivity contribution in [2.75, 3.05) is 4.72 Å². The summed E-state index contributed by atoms with van der Waals surface area (Å²) < 4.78 is 26.0. The molecule has 2 heterocycles. The van der Waals surface area contributed by atoms with Crippen LogP contribution in [-0.4, -0.2) is 23.6 Å². The molecule has 9 heteroatoms. The largest absolute Gasteiger partial charge is 0.323 e. The van der Waals surface area contributed by atoms with Crippen LogP contribution in [0.1, 0.15) is 18.7 Å². The lowest BCUT2D eigenvalue weighted by Gasteiger charge is -2.02. The smallest absolute Gasteiger partial charge is 0.266 e. The Kier molecular flexibility index (Phi) is 3.13. The lowest BCUT2D eigenvalue weighted by Crippen LogP contribution is -2.12. The normalized spacial score (nSPS) is 13.5. The minimum Gasteiger partial charge on any atom is -0.323 e. The third kappa shape index (κ3) is 2.62. The van der Waals surface area contributed by atoms with Crippen LogP contribution in [0, 0.1) is 0 Å². The average Bonchev–Trinajstić information content (AvgIpc) is 2.85. The molecular formula is C8H11N5O2S2. The zero-order valence-corrected chi connectivity index (χ0v) is 10.5. The van der Waals surface area contributed by atoms with Gasteiger partial charge in [0.05, 0.1) is 11.9 Å². The Morgan fingerprint density at radius 1 is 1.59 bits per heavy atom. The summed E-state index contributed by atoms with van der Waals surface area (Å²) in [7, 11) is -3.62. The van der Waals surface area contributed by atoms with E-state index in [0.29, 0.717) is 10.8 Å². The molecule has 2 aromatic heterocycles. The van der Waals surface area contributed by atoms with Crippen LogP contribution < -0.4 is 10.5 Å². The van der Waals surface area contributed by atoms with Crippen LogP contribution in [0.2, 0.25) is 0 Å². The van der Waals surface area contributed by atoms with Crippen LogP contribution in [0.3, 0.4) is 0 Å². The Morgan fingerprint density at radius 3 is 2.88 bits per heavy atom. The summed E-state index contributed by atoms with van der Waals surface area (Å²) in [5, 5.41) is 8.03. The van der Waals surface area contributed by atoms with E-state index < -0.39 is 10.0 Å². The van der Waals surface area contributed by atoms with Gasteiger partial charge >= 0.3 is 0 Å². The third-order valence-corrected chi connectivity index (χ3v) is 4.20. The highest BCUT2D eigenvalue weighted by molar-refractivity contribution is 7.93. The molecule has 0 saturated carbocycles. The van der Waals surface area contributed by atoms with Gasteiger partial charge in [0.25, 0.3) is 10.0 Å². The molecule has 7 nitrogen and oxygen atoms in total. The maximum atomic E-state index is 11.8. The van der Waals surface area contributed by atoms with Crippen molar-refractivity contribution in [3.63, 3.8) is 0 Å². The van der Waals surface area contributed by atoms with Crippen LogP contribution in [0.25, 0.3) is 0 Å². The van der Waals surface area contributed by atoms with E-state index in [1.165, 1.54) is 23.7 Å². The molecule has 0 amide bonds. The zero-order valence-electron chi connectivity index (χ0n) is 8.91. The van der Waals surface area contributed by atoms with Crippen molar-refractivity contribution in [1.82, 2.24) is 15.2 Å². The van der Waals surface area contributed by atoms with E-state index in [0.717, 1.165) is 0 Å². The van der Waals surface area contributed by atoms with E-state index in [9.17, 15) is 8.42 Å². The zero-order chi connectivity index (χ0) is 12.5. The highest BCUT2D eigenvalue weighted by Gasteiger charge is 2.17. The second-order valence-electron chi connectivity index (χ2n) is 3.41. The summed E-state index contributed by atoms with van der Waals surface area (Å²) in [5.74, 6) is 0. The van der Waals surface area contributed by atoms with E-state index in [2.05, 4.69) is 19.9 Å². The summed E-state index contributed by atoms with van der Waals surface area (Å²) in [5.41, 5.74) is 6.29. The van der Waals surface area contributed by atoms with Crippen LogP contribution in [0.15, 0.2) is 22.7 Å². The molecule has 0 aliphatic carbocycles. The van der Waals surface area contributed by atoms with Gasteiger partial charge in [-0.2, -0.15) is 5.10 Å². The Morgan fingerprint density at radius 2 is 2.35 bits per heavy atom. The van der Waals surface area contributed by atoms with Crippen molar-refractivity contribution in [3.05, 3.63) is 23.5 Å². The molecule has 0 aromatic carbocycles. The second-order valence-corrected chi connectivity index (χ2v) is 5.95. The van der Waals surface area contributed by atoms with Crippen molar-refractivity contribution < 1.29 is 8.42 Å². The van der Waals surface area contributed by atoms with Gasteiger partial charge in [-0.15, -0.1) is 11.3 Å². The first-order chi connectivity index (χ1) is 7.99. The predicted octanol–water partition coefficient (Wildman–Crippen LogP) is 0.687. The van der Waals surface area contributed by atoms with E-state index >= 15 is 0 Å². The number of hydrogen-bond acceptors (Lipinski definition) is 6. The molecule has 4 N–H and O–H groups in total. The van der Waals surface area contributed by atoms with Crippen LogP contribution in [-0.2, 0) is 10.0 Å². The minimum absolute atomic E-state index is 0.0649. The maximum absolute atomic E-state index is 11.8. The number of sulfonamides is 1. The molecule has 0 bridgehead atoms. The Bertz CT molecular complexity index is 587. The van der Waals surface area contributed by atoms with Crippen LogP contribution >= 0.6 is 11.3 Å². The molecule has 17 heavy (non-hydrogen) atoms. The molecule has 2 rings (SSSR count). The fourth-order valence-corrected chi connectivity index (χ4v) is 3.07. The van der Waals surface area contributed by atoms with Crippen molar-refractivity contribution in [1.29, 1.82) is 0 Å². The van der Waals surface area contributed by atoms with Crippen molar-refractivity contribution in [3.8, 4) is 0 Å². The monoisotopic (exact) mass is 273 g/mol. The molecule has 0 saturated heterocycles. The minimum atomic E-state index is -3.62. The number of aromatic nitrogens is 3. The number of nitrogens with zero attached hydrogens (tertiary/aromatic N) is 2. The number of thiazole rings is 1. The van der Waals surface area contributed by atoms with Gasteiger partial charge in [0, 0.05) is 17.6 Å². The average molecular weight is 273 g/mol. The molecule has 2 aromatic rings. The van der Waals surface area contributed by atoms with Gasteiger partial charge < -0.3 is 5.73 Å². The van der Waals surface area contributed by atoms with Gasteiger partial charge in [0.15, 0.2) is 5.13 Å². The molecule has 0 spiro atoms. The molecule has 0 aliphatic heterocycles. The van der Waals surface area contributed by atoms with Gasteiger partial charge in [0.1, 0.15) is 4.90 Å². The van der Waals surface area contributed by atoms with Gasteiger partial charge in [-0.1, -0.05) is 0 Å². The van der Waals surface area contributed by atoms with Crippen molar-refractivity contribution in [2.45, 2.75) is 17.9 Å². The lowest BCUT2D eigenvalue weighted by atomic mass is 10.3. The SMILES string of the molecule is CC(N)c1csc(NS(=O)(=O)c2cn[nH]c2)n1. The number of nitrogens with one attached hydrogen (secondary N) is 2. The first-order valence-corrected chi connectivity index (χ1v) is 7.08. The molecule has 1 atom stereocenters. The molecule has 0 fully saturated rings. The molecular weight excluding hydrogens is 262 g/mol. The lowest BCUT2D eigenvalue weighted by molar-refractivity contribution is 0.601. The van der Waals surface area contributed by atoms with Gasteiger partial charge in [-0.25, -0.2) is 13.4 Å².